The highest BCUT2D eigenvalue weighted by Gasteiger charge is 2.45. The highest BCUT2D eigenvalue weighted by molar-refractivity contribution is 4.96. The summed E-state index contributed by atoms with van der Waals surface area (Å²) in [6, 6.07) is -0.598. The van der Waals surface area contributed by atoms with Gasteiger partial charge in [-0.2, -0.15) is 18.3 Å². The number of rotatable bonds is 4. The molecule has 1 saturated heterocycles. The SMILES string of the molecule is CC(C)Cn1ncnc1CC1NCCCC1C(F)(F)F. The molecule has 1 aliphatic heterocycles. The molecule has 1 aliphatic rings. The van der Waals surface area contributed by atoms with Gasteiger partial charge >= 0.3 is 6.18 Å². The summed E-state index contributed by atoms with van der Waals surface area (Å²) in [4.78, 5) is 4.12. The van der Waals surface area contributed by atoms with Gasteiger partial charge in [-0.25, -0.2) is 9.67 Å². The van der Waals surface area contributed by atoms with Crippen LogP contribution in [-0.4, -0.2) is 33.5 Å². The van der Waals surface area contributed by atoms with Crippen LogP contribution in [0.4, 0.5) is 13.2 Å². The summed E-state index contributed by atoms with van der Waals surface area (Å²) >= 11 is 0. The maximum Gasteiger partial charge on any atom is 0.393 e. The summed E-state index contributed by atoms with van der Waals surface area (Å²) < 4.78 is 40.9. The Hall–Kier alpha value is -1.11. The molecule has 0 amide bonds. The fourth-order valence-electron chi connectivity index (χ4n) is 2.70. The van der Waals surface area contributed by atoms with Crippen molar-refractivity contribution in [1.29, 1.82) is 0 Å². The van der Waals surface area contributed by atoms with Gasteiger partial charge in [-0.15, -0.1) is 0 Å². The van der Waals surface area contributed by atoms with Crippen LogP contribution in [-0.2, 0) is 13.0 Å². The molecular weight excluding hydrogens is 269 g/mol. The second kappa shape index (κ2) is 6.11. The number of hydrogen-bond acceptors (Lipinski definition) is 3. The molecule has 1 N–H and O–H groups in total. The van der Waals surface area contributed by atoms with Crippen molar-refractivity contribution in [3.8, 4) is 0 Å². The third kappa shape index (κ3) is 3.71. The molecule has 2 rings (SSSR count). The minimum atomic E-state index is -4.15. The van der Waals surface area contributed by atoms with Gasteiger partial charge in [0.05, 0.1) is 5.92 Å². The Kier molecular flexibility index (Phi) is 4.67. The van der Waals surface area contributed by atoms with Gasteiger partial charge in [-0.1, -0.05) is 13.8 Å². The van der Waals surface area contributed by atoms with Crippen LogP contribution >= 0.6 is 0 Å². The van der Waals surface area contributed by atoms with E-state index in [4.69, 9.17) is 0 Å². The molecule has 1 fully saturated rings. The molecule has 4 nitrogen and oxygen atoms in total. The van der Waals surface area contributed by atoms with E-state index in [1.807, 2.05) is 13.8 Å². The van der Waals surface area contributed by atoms with E-state index in [2.05, 4.69) is 15.4 Å². The summed E-state index contributed by atoms with van der Waals surface area (Å²) in [6.45, 7) is 5.40. The minimum absolute atomic E-state index is 0.194. The van der Waals surface area contributed by atoms with Crippen LogP contribution in [0.1, 0.15) is 32.5 Å². The van der Waals surface area contributed by atoms with E-state index in [0.717, 1.165) is 0 Å². The monoisotopic (exact) mass is 290 g/mol. The van der Waals surface area contributed by atoms with Crippen molar-refractivity contribution in [2.75, 3.05) is 6.54 Å². The van der Waals surface area contributed by atoms with Crippen LogP contribution in [0.15, 0.2) is 6.33 Å². The Morgan fingerprint density at radius 1 is 1.45 bits per heavy atom. The Morgan fingerprint density at radius 2 is 2.20 bits per heavy atom. The first kappa shape index (κ1) is 15.3. The second-order valence-electron chi connectivity index (χ2n) is 5.81. The quantitative estimate of drug-likeness (QED) is 0.926. The summed E-state index contributed by atoms with van der Waals surface area (Å²) in [7, 11) is 0. The minimum Gasteiger partial charge on any atom is -0.313 e. The number of piperidine rings is 1. The fraction of sp³-hybridized carbons (Fsp3) is 0.846. The highest BCUT2D eigenvalue weighted by atomic mass is 19.4. The third-order valence-corrected chi connectivity index (χ3v) is 3.64. The molecule has 2 atom stereocenters. The van der Waals surface area contributed by atoms with Gasteiger partial charge in [0.1, 0.15) is 12.2 Å². The van der Waals surface area contributed by atoms with Crippen LogP contribution in [0.5, 0.6) is 0 Å². The van der Waals surface area contributed by atoms with Crippen molar-refractivity contribution in [2.45, 2.75) is 51.9 Å². The van der Waals surface area contributed by atoms with Crippen molar-refractivity contribution < 1.29 is 13.2 Å². The van der Waals surface area contributed by atoms with Crippen LogP contribution in [0, 0.1) is 11.8 Å². The molecule has 0 bridgehead atoms. The molecule has 0 aromatic carbocycles. The molecule has 0 aliphatic carbocycles. The fourth-order valence-corrected chi connectivity index (χ4v) is 2.70. The summed E-state index contributed by atoms with van der Waals surface area (Å²) in [5, 5.41) is 7.10. The standard InChI is InChI=1S/C13H21F3N4/c1-9(2)7-20-12(18-8-19-20)6-11-10(13(14,15)16)4-3-5-17-11/h8-11,17H,3-7H2,1-2H3. The van der Waals surface area contributed by atoms with Crippen molar-refractivity contribution >= 4 is 0 Å². The van der Waals surface area contributed by atoms with Gasteiger partial charge in [0.15, 0.2) is 0 Å². The number of aromatic nitrogens is 3. The lowest BCUT2D eigenvalue weighted by Crippen LogP contribution is -2.49. The van der Waals surface area contributed by atoms with E-state index >= 15 is 0 Å². The zero-order valence-electron chi connectivity index (χ0n) is 11.8. The molecule has 7 heteroatoms. The summed E-state index contributed by atoms with van der Waals surface area (Å²) in [5.41, 5.74) is 0. The lowest BCUT2D eigenvalue weighted by Gasteiger charge is -2.33. The molecule has 0 spiro atoms. The van der Waals surface area contributed by atoms with Gasteiger partial charge in [-0.3, -0.25) is 0 Å². The molecule has 1 aromatic heterocycles. The van der Waals surface area contributed by atoms with E-state index in [1.54, 1.807) is 4.68 Å². The molecule has 0 radical (unpaired) electrons. The van der Waals surface area contributed by atoms with Crippen molar-refractivity contribution in [3.05, 3.63) is 12.2 Å². The molecule has 2 heterocycles. The first-order valence-electron chi connectivity index (χ1n) is 7.04. The van der Waals surface area contributed by atoms with Crippen molar-refractivity contribution in [2.24, 2.45) is 11.8 Å². The molecule has 20 heavy (non-hydrogen) atoms. The van der Waals surface area contributed by atoms with Crippen LogP contribution in [0.25, 0.3) is 0 Å². The van der Waals surface area contributed by atoms with Gasteiger partial charge in [0.25, 0.3) is 0 Å². The predicted octanol–water partition coefficient (Wildman–Crippen LogP) is 2.41. The second-order valence-corrected chi connectivity index (χ2v) is 5.81. The topological polar surface area (TPSA) is 42.7 Å². The summed E-state index contributed by atoms with van der Waals surface area (Å²) in [6.07, 6.45) is -1.69. The van der Waals surface area contributed by atoms with Gasteiger partial charge in [0, 0.05) is 19.0 Å². The van der Waals surface area contributed by atoms with Gasteiger partial charge in [0.2, 0.25) is 0 Å². The van der Waals surface area contributed by atoms with Crippen LogP contribution in [0.2, 0.25) is 0 Å². The Labute approximate surface area is 116 Å². The molecule has 2 unspecified atom stereocenters. The Bertz CT molecular complexity index is 427. The predicted molar refractivity (Wildman–Crippen MR) is 69.1 cm³/mol. The summed E-state index contributed by atoms with van der Waals surface area (Å²) in [5.74, 6) is -0.277. The molecule has 0 saturated carbocycles. The molecular formula is C13H21F3N4. The number of alkyl halides is 3. The van der Waals surface area contributed by atoms with E-state index in [0.29, 0.717) is 31.3 Å². The number of nitrogens with one attached hydrogen (secondary N) is 1. The Morgan fingerprint density at radius 3 is 2.85 bits per heavy atom. The maximum atomic E-state index is 13.0. The van der Waals surface area contributed by atoms with E-state index in [1.165, 1.54) is 6.33 Å². The lowest BCUT2D eigenvalue weighted by molar-refractivity contribution is -0.188. The number of halogens is 3. The average Bonchev–Trinajstić information content (AvgIpc) is 2.75. The van der Waals surface area contributed by atoms with E-state index in [9.17, 15) is 13.2 Å². The van der Waals surface area contributed by atoms with Crippen molar-refractivity contribution in [1.82, 2.24) is 20.1 Å². The smallest absolute Gasteiger partial charge is 0.313 e. The largest absolute Gasteiger partial charge is 0.393 e. The average molecular weight is 290 g/mol. The highest BCUT2D eigenvalue weighted by Crippen LogP contribution is 2.35. The third-order valence-electron chi connectivity index (χ3n) is 3.64. The first-order chi connectivity index (χ1) is 9.38. The first-order valence-corrected chi connectivity index (χ1v) is 7.04. The normalized spacial score (nSPS) is 24.3. The zero-order valence-corrected chi connectivity index (χ0v) is 11.8. The molecule has 114 valence electrons. The number of hydrogen-bond donors (Lipinski definition) is 1. The maximum absolute atomic E-state index is 13.0. The van der Waals surface area contributed by atoms with E-state index in [-0.39, 0.29) is 12.8 Å². The van der Waals surface area contributed by atoms with E-state index < -0.39 is 18.1 Å². The molecule has 1 aromatic rings. The van der Waals surface area contributed by atoms with Crippen molar-refractivity contribution in [3.63, 3.8) is 0 Å². The van der Waals surface area contributed by atoms with Crippen LogP contribution in [0.3, 0.4) is 0 Å². The lowest BCUT2D eigenvalue weighted by atomic mass is 9.88. The zero-order chi connectivity index (χ0) is 14.8. The van der Waals surface area contributed by atoms with Gasteiger partial charge in [-0.05, 0) is 25.3 Å². The Balaban J connectivity index is 2.09. The van der Waals surface area contributed by atoms with Gasteiger partial charge < -0.3 is 5.32 Å². The van der Waals surface area contributed by atoms with Crippen LogP contribution < -0.4 is 5.32 Å². The number of nitrogens with zero attached hydrogens (tertiary/aromatic N) is 3.